The number of pyridine rings is 1. The van der Waals surface area contributed by atoms with Crippen LogP contribution in [0.15, 0.2) is 36.5 Å². The van der Waals surface area contributed by atoms with E-state index in [1.807, 2.05) is 6.07 Å². The van der Waals surface area contributed by atoms with Crippen LogP contribution in [-0.2, 0) is 0 Å². The first-order chi connectivity index (χ1) is 14.5. The Bertz CT molecular complexity index is 1040. The number of halogens is 2. The summed E-state index contributed by atoms with van der Waals surface area (Å²) in [5.41, 5.74) is 1.13. The van der Waals surface area contributed by atoms with Gasteiger partial charge >= 0.3 is 6.03 Å². The predicted octanol–water partition coefficient (Wildman–Crippen LogP) is 2.61. The summed E-state index contributed by atoms with van der Waals surface area (Å²) in [4.78, 5) is 16.6. The second kappa shape index (κ2) is 8.49. The van der Waals surface area contributed by atoms with E-state index in [9.17, 15) is 18.7 Å². The van der Waals surface area contributed by atoms with Crippen molar-refractivity contribution < 1.29 is 28.2 Å². The number of fused-ring (bicyclic) bond motifs is 2. The lowest BCUT2D eigenvalue weighted by molar-refractivity contribution is 0.0803. The molecular weight excluding hydrogens is 400 g/mol. The second-order valence-electron chi connectivity index (χ2n) is 6.66. The first-order valence-electron chi connectivity index (χ1n) is 9.23. The van der Waals surface area contributed by atoms with Crippen LogP contribution < -0.4 is 20.1 Å². The smallest absolute Gasteiger partial charge is 0.320 e. The largest absolute Gasteiger partial charge is 0.493 e. The van der Waals surface area contributed by atoms with Gasteiger partial charge < -0.3 is 19.9 Å². The molecule has 0 bridgehead atoms. The quantitative estimate of drug-likeness (QED) is 0.504. The molecule has 2 aromatic heterocycles. The minimum atomic E-state index is -2.62. The van der Waals surface area contributed by atoms with Gasteiger partial charge in [-0.05, 0) is 6.07 Å². The minimum Gasteiger partial charge on any atom is -0.493 e. The summed E-state index contributed by atoms with van der Waals surface area (Å²) < 4.78 is 35.2. The number of carbonyl (C=O) groups excluding carboxylic acids is 1. The summed E-state index contributed by atoms with van der Waals surface area (Å²) in [5.74, 6) is 0.816. The Morgan fingerprint density at radius 2 is 2.23 bits per heavy atom. The standard InChI is InChI=1S/C19H19F2N5O4/c20-15(21)9-30-18-11-8-22-16(7-12(11)25-26-18)23-19(28)24-17-10-3-1-2-4-14(10)29-6-5-13(17)27/h1-4,7-8,13,15,17,27H,5-6,9H2,(H,25,26)(H2,22,23,24,28). The Morgan fingerprint density at radius 3 is 3.07 bits per heavy atom. The highest BCUT2D eigenvalue weighted by Gasteiger charge is 2.28. The average molecular weight is 419 g/mol. The van der Waals surface area contributed by atoms with Crippen molar-refractivity contribution in [1.29, 1.82) is 0 Å². The number of ether oxygens (including phenoxy) is 2. The fourth-order valence-electron chi connectivity index (χ4n) is 3.21. The number of aromatic amines is 1. The highest BCUT2D eigenvalue weighted by atomic mass is 19.3. The number of H-pyrrole nitrogens is 1. The molecule has 4 rings (SSSR count). The van der Waals surface area contributed by atoms with Crippen molar-refractivity contribution in [3.63, 3.8) is 0 Å². The maximum Gasteiger partial charge on any atom is 0.320 e. The van der Waals surface area contributed by atoms with Crippen molar-refractivity contribution >= 4 is 22.8 Å². The highest BCUT2D eigenvalue weighted by molar-refractivity contribution is 5.92. The normalized spacial score (nSPS) is 18.4. The molecule has 1 aromatic carbocycles. The number of alkyl halides is 2. The maximum absolute atomic E-state index is 12.5. The van der Waals surface area contributed by atoms with Gasteiger partial charge in [-0.2, -0.15) is 0 Å². The van der Waals surface area contributed by atoms with Gasteiger partial charge in [0.25, 0.3) is 6.43 Å². The first kappa shape index (κ1) is 19.8. The summed E-state index contributed by atoms with van der Waals surface area (Å²) in [6, 6.07) is 7.44. The minimum absolute atomic E-state index is 0.00647. The molecule has 3 heterocycles. The Kier molecular flexibility index (Phi) is 5.61. The predicted molar refractivity (Wildman–Crippen MR) is 103 cm³/mol. The lowest BCUT2D eigenvalue weighted by atomic mass is 10.00. The van der Waals surface area contributed by atoms with Gasteiger partial charge in [-0.1, -0.05) is 18.2 Å². The molecule has 9 nitrogen and oxygen atoms in total. The Balaban J connectivity index is 1.47. The molecule has 1 aliphatic rings. The van der Waals surface area contributed by atoms with Crippen LogP contribution in [0.2, 0.25) is 0 Å². The van der Waals surface area contributed by atoms with Crippen molar-refractivity contribution in [2.75, 3.05) is 18.5 Å². The average Bonchev–Trinajstić information content (AvgIpc) is 3.05. The number of anilines is 1. The molecule has 158 valence electrons. The zero-order chi connectivity index (χ0) is 21.1. The molecule has 2 amide bonds. The molecule has 1 aliphatic heterocycles. The molecule has 11 heteroatoms. The number of hydrogen-bond donors (Lipinski definition) is 4. The summed E-state index contributed by atoms with van der Waals surface area (Å²) in [6.45, 7) is -0.441. The van der Waals surface area contributed by atoms with E-state index in [2.05, 4.69) is 25.8 Å². The van der Waals surface area contributed by atoms with Gasteiger partial charge in [0.2, 0.25) is 5.88 Å². The van der Waals surface area contributed by atoms with Gasteiger partial charge in [-0.3, -0.25) is 10.4 Å². The number of hydrogen-bond acceptors (Lipinski definition) is 6. The van der Waals surface area contributed by atoms with Crippen LogP contribution in [0.3, 0.4) is 0 Å². The van der Waals surface area contributed by atoms with Crippen LogP contribution in [0.25, 0.3) is 10.9 Å². The molecule has 4 N–H and O–H groups in total. The highest BCUT2D eigenvalue weighted by Crippen LogP contribution is 2.31. The summed E-state index contributed by atoms with van der Waals surface area (Å²) in [7, 11) is 0. The van der Waals surface area contributed by atoms with E-state index in [1.54, 1.807) is 18.2 Å². The molecule has 2 atom stereocenters. The number of carbonyl (C=O) groups is 1. The topological polar surface area (TPSA) is 121 Å². The van der Waals surface area contributed by atoms with Gasteiger partial charge in [0.1, 0.15) is 11.6 Å². The zero-order valence-corrected chi connectivity index (χ0v) is 15.6. The summed E-state index contributed by atoms with van der Waals surface area (Å²) in [5, 5.41) is 22.6. The number of aliphatic hydroxyl groups excluding tert-OH is 1. The third-order valence-corrected chi connectivity index (χ3v) is 4.60. The van der Waals surface area contributed by atoms with Crippen LogP contribution in [0.1, 0.15) is 18.0 Å². The van der Waals surface area contributed by atoms with Crippen LogP contribution in [0, 0.1) is 0 Å². The molecule has 2 unspecified atom stereocenters. The molecule has 0 radical (unpaired) electrons. The first-order valence-corrected chi connectivity index (χ1v) is 9.23. The van der Waals surface area contributed by atoms with Gasteiger partial charge in [0.05, 0.1) is 29.7 Å². The van der Waals surface area contributed by atoms with E-state index in [4.69, 9.17) is 9.47 Å². The Hall–Kier alpha value is -3.47. The number of aromatic nitrogens is 3. The number of nitrogens with one attached hydrogen (secondary N) is 3. The molecule has 0 aliphatic carbocycles. The molecule has 30 heavy (non-hydrogen) atoms. The summed E-state index contributed by atoms with van der Waals surface area (Å²) in [6.07, 6.45) is -1.72. The van der Waals surface area contributed by atoms with Gasteiger partial charge in [-0.15, -0.1) is 5.10 Å². The van der Waals surface area contributed by atoms with Crippen LogP contribution in [0.4, 0.5) is 19.4 Å². The Morgan fingerprint density at radius 1 is 1.40 bits per heavy atom. The van der Waals surface area contributed by atoms with Crippen molar-refractivity contribution in [2.24, 2.45) is 0 Å². The number of urea groups is 1. The molecular formula is C19H19F2N5O4. The molecule has 3 aromatic rings. The molecule has 0 spiro atoms. The van der Waals surface area contributed by atoms with Crippen molar-refractivity contribution in [3.8, 4) is 11.6 Å². The third kappa shape index (κ3) is 4.25. The van der Waals surface area contributed by atoms with E-state index < -0.39 is 31.2 Å². The van der Waals surface area contributed by atoms with E-state index in [-0.39, 0.29) is 11.7 Å². The lowest BCUT2D eigenvalue weighted by Gasteiger charge is -2.22. The van der Waals surface area contributed by atoms with Crippen LogP contribution >= 0.6 is 0 Å². The third-order valence-electron chi connectivity index (χ3n) is 4.60. The molecule has 0 fully saturated rings. The SMILES string of the molecule is O=C(Nc1cc2[nH]nc(OCC(F)F)c2cn1)NC1c2ccccc2OCCC1O. The monoisotopic (exact) mass is 419 g/mol. The van der Waals surface area contributed by atoms with E-state index in [0.717, 1.165) is 0 Å². The van der Waals surface area contributed by atoms with Gasteiger partial charge in [0.15, 0.2) is 6.61 Å². The summed E-state index contributed by atoms with van der Waals surface area (Å²) >= 11 is 0. The number of para-hydroxylation sites is 1. The van der Waals surface area contributed by atoms with E-state index in [1.165, 1.54) is 12.3 Å². The zero-order valence-electron chi connectivity index (χ0n) is 15.6. The second-order valence-corrected chi connectivity index (χ2v) is 6.66. The number of amides is 2. The number of aliphatic hydroxyl groups is 1. The van der Waals surface area contributed by atoms with Crippen molar-refractivity contribution in [1.82, 2.24) is 20.5 Å². The van der Waals surface area contributed by atoms with Gasteiger partial charge in [0, 0.05) is 24.2 Å². The molecule has 0 saturated heterocycles. The number of benzene rings is 1. The molecule has 0 saturated carbocycles. The Labute approximate surface area is 169 Å². The van der Waals surface area contributed by atoms with E-state index in [0.29, 0.717) is 35.2 Å². The van der Waals surface area contributed by atoms with Gasteiger partial charge in [-0.25, -0.2) is 18.6 Å². The fourth-order valence-corrected chi connectivity index (χ4v) is 3.21. The van der Waals surface area contributed by atoms with Crippen LogP contribution in [0.5, 0.6) is 11.6 Å². The lowest BCUT2D eigenvalue weighted by Crippen LogP contribution is -2.38. The number of rotatable bonds is 5. The fraction of sp³-hybridized carbons (Fsp3) is 0.316. The van der Waals surface area contributed by atoms with Crippen molar-refractivity contribution in [3.05, 3.63) is 42.1 Å². The van der Waals surface area contributed by atoms with E-state index >= 15 is 0 Å². The maximum atomic E-state index is 12.5. The van der Waals surface area contributed by atoms with Crippen molar-refractivity contribution in [2.45, 2.75) is 25.0 Å². The number of nitrogens with zero attached hydrogens (tertiary/aromatic N) is 2. The van der Waals surface area contributed by atoms with Crippen LogP contribution in [-0.4, -0.2) is 52.1 Å².